The zero-order valence-electron chi connectivity index (χ0n) is 13.5. The van der Waals surface area contributed by atoms with Gasteiger partial charge in [0.1, 0.15) is 18.0 Å². The summed E-state index contributed by atoms with van der Waals surface area (Å²) in [4.78, 5) is 14.8. The number of fused-ring (bicyclic) bond motifs is 1. The Bertz CT molecular complexity index is 826. The predicted molar refractivity (Wildman–Crippen MR) is 90.4 cm³/mol. The molecule has 3 aromatic heterocycles. The highest BCUT2D eigenvalue weighted by Gasteiger charge is 2.21. The Morgan fingerprint density at radius 3 is 2.88 bits per heavy atom. The molecule has 24 heavy (non-hydrogen) atoms. The van der Waals surface area contributed by atoms with E-state index in [1.165, 1.54) is 6.33 Å². The van der Waals surface area contributed by atoms with E-state index in [-0.39, 0.29) is 0 Å². The van der Waals surface area contributed by atoms with Gasteiger partial charge in [-0.15, -0.1) is 5.10 Å². The van der Waals surface area contributed by atoms with Crippen molar-refractivity contribution in [3.63, 3.8) is 0 Å². The summed E-state index contributed by atoms with van der Waals surface area (Å²) >= 11 is 0. The summed E-state index contributed by atoms with van der Waals surface area (Å²) in [6, 6.07) is 6.24. The Morgan fingerprint density at radius 1 is 1.17 bits per heavy atom. The van der Waals surface area contributed by atoms with Crippen LogP contribution in [0.2, 0.25) is 0 Å². The summed E-state index contributed by atoms with van der Waals surface area (Å²) in [5.41, 5.74) is 0.869. The van der Waals surface area contributed by atoms with Crippen molar-refractivity contribution in [2.45, 2.75) is 18.9 Å². The fraction of sp³-hybridized carbons (Fsp3) is 0.375. The van der Waals surface area contributed by atoms with Gasteiger partial charge >= 0.3 is 0 Å². The highest BCUT2D eigenvalue weighted by molar-refractivity contribution is 5.46. The monoisotopic (exact) mass is 325 g/mol. The third-order valence-corrected chi connectivity index (χ3v) is 4.26. The lowest BCUT2D eigenvalue weighted by Gasteiger charge is -2.33. The molecule has 0 atom stereocenters. The van der Waals surface area contributed by atoms with E-state index in [1.807, 2.05) is 28.9 Å². The molecular formula is C16H19N7O. The molecule has 4 heterocycles. The molecule has 0 aliphatic carbocycles. The second-order valence-corrected chi connectivity index (χ2v) is 5.77. The van der Waals surface area contributed by atoms with E-state index >= 15 is 0 Å². The van der Waals surface area contributed by atoms with Crippen LogP contribution in [0.15, 0.2) is 36.9 Å². The van der Waals surface area contributed by atoms with Crippen LogP contribution < -0.4 is 15.0 Å². The van der Waals surface area contributed by atoms with Crippen molar-refractivity contribution < 1.29 is 4.74 Å². The molecule has 1 fully saturated rings. The van der Waals surface area contributed by atoms with Crippen LogP contribution in [0.1, 0.15) is 12.8 Å². The van der Waals surface area contributed by atoms with Crippen molar-refractivity contribution in [1.29, 1.82) is 0 Å². The third kappa shape index (κ3) is 2.94. The maximum Gasteiger partial charge on any atom is 0.218 e. The number of imidazole rings is 1. The lowest BCUT2D eigenvalue weighted by atomic mass is 10.1. The molecule has 0 bridgehead atoms. The Balaban J connectivity index is 1.39. The summed E-state index contributed by atoms with van der Waals surface area (Å²) in [6.07, 6.45) is 7.19. The van der Waals surface area contributed by atoms with Gasteiger partial charge in [-0.2, -0.15) is 0 Å². The first-order valence-electron chi connectivity index (χ1n) is 8.00. The van der Waals surface area contributed by atoms with Crippen LogP contribution in [-0.4, -0.2) is 50.8 Å². The van der Waals surface area contributed by atoms with E-state index in [9.17, 15) is 0 Å². The minimum atomic E-state index is 0.387. The van der Waals surface area contributed by atoms with Crippen LogP contribution in [-0.2, 0) is 0 Å². The number of anilines is 2. The number of aromatic nitrogens is 5. The number of nitrogens with one attached hydrogen (secondary N) is 1. The zero-order valence-corrected chi connectivity index (χ0v) is 13.5. The highest BCUT2D eigenvalue weighted by atomic mass is 16.5. The number of hydrogen-bond donors (Lipinski definition) is 1. The van der Waals surface area contributed by atoms with Crippen LogP contribution in [0.3, 0.4) is 0 Å². The van der Waals surface area contributed by atoms with Gasteiger partial charge in [0, 0.05) is 37.6 Å². The van der Waals surface area contributed by atoms with Crippen LogP contribution in [0.25, 0.3) is 5.65 Å². The van der Waals surface area contributed by atoms with Crippen LogP contribution in [0.5, 0.6) is 5.88 Å². The van der Waals surface area contributed by atoms with Gasteiger partial charge in [-0.1, -0.05) is 0 Å². The third-order valence-electron chi connectivity index (χ3n) is 4.26. The van der Waals surface area contributed by atoms with Gasteiger partial charge in [0.15, 0.2) is 5.65 Å². The molecule has 0 radical (unpaired) electrons. The molecule has 1 aliphatic heterocycles. The van der Waals surface area contributed by atoms with Gasteiger partial charge in [0.25, 0.3) is 0 Å². The molecule has 1 N–H and O–H groups in total. The lowest BCUT2D eigenvalue weighted by molar-refractivity contribution is 0.397. The first-order chi connectivity index (χ1) is 11.8. The molecule has 0 unspecified atom stereocenters. The van der Waals surface area contributed by atoms with Crippen molar-refractivity contribution in [2.75, 3.05) is 30.4 Å². The van der Waals surface area contributed by atoms with E-state index < -0.39 is 0 Å². The second kappa shape index (κ2) is 6.31. The van der Waals surface area contributed by atoms with Crippen LogP contribution in [0.4, 0.5) is 11.6 Å². The number of nitrogens with zero attached hydrogens (tertiary/aromatic N) is 6. The highest BCUT2D eigenvalue weighted by Crippen LogP contribution is 2.21. The molecule has 8 heteroatoms. The Labute approximate surface area is 139 Å². The topological polar surface area (TPSA) is 80.5 Å². The molecule has 0 saturated carbocycles. The number of ether oxygens (including phenoxy) is 1. The summed E-state index contributed by atoms with van der Waals surface area (Å²) in [5.74, 6) is 2.36. The van der Waals surface area contributed by atoms with Crippen molar-refractivity contribution in [1.82, 2.24) is 24.6 Å². The fourth-order valence-corrected chi connectivity index (χ4v) is 2.97. The summed E-state index contributed by atoms with van der Waals surface area (Å²) in [6.45, 7) is 1.90. The first-order valence-corrected chi connectivity index (χ1v) is 8.00. The van der Waals surface area contributed by atoms with E-state index in [2.05, 4.69) is 30.3 Å². The average Bonchev–Trinajstić information content (AvgIpc) is 3.10. The molecule has 8 nitrogen and oxygen atoms in total. The molecule has 0 aromatic carbocycles. The number of hydrogen-bond acceptors (Lipinski definition) is 7. The van der Waals surface area contributed by atoms with Crippen LogP contribution in [0, 0.1) is 0 Å². The molecule has 124 valence electrons. The van der Waals surface area contributed by atoms with E-state index in [0.29, 0.717) is 11.9 Å². The predicted octanol–water partition coefficient (Wildman–Crippen LogP) is 1.61. The van der Waals surface area contributed by atoms with E-state index in [4.69, 9.17) is 4.74 Å². The molecule has 0 spiro atoms. The van der Waals surface area contributed by atoms with Crippen molar-refractivity contribution in [3.05, 3.63) is 36.9 Å². The standard InChI is InChI=1S/C16H19N7O/c1-24-16-10-13(18-11-19-16)20-12-4-7-22(8-5-12)15-3-2-14-17-6-9-23(14)21-15/h2-3,6,9-12H,4-5,7-8H2,1H3,(H,18,19,20). The molecular weight excluding hydrogens is 306 g/mol. The first kappa shape index (κ1) is 14.7. The smallest absolute Gasteiger partial charge is 0.218 e. The largest absolute Gasteiger partial charge is 0.481 e. The SMILES string of the molecule is COc1cc(NC2CCN(c3ccc4nccn4n3)CC2)ncn1. The van der Waals surface area contributed by atoms with Crippen molar-refractivity contribution in [2.24, 2.45) is 0 Å². The van der Waals surface area contributed by atoms with Crippen LogP contribution >= 0.6 is 0 Å². The van der Waals surface area contributed by atoms with Gasteiger partial charge in [-0.3, -0.25) is 0 Å². The maximum absolute atomic E-state index is 5.13. The van der Waals surface area contributed by atoms with Gasteiger partial charge in [0.05, 0.1) is 7.11 Å². The number of rotatable bonds is 4. The Morgan fingerprint density at radius 2 is 2.04 bits per heavy atom. The molecule has 1 saturated heterocycles. The lowest BCUT2D eigenvalue weighted by Crippen LogP contribution is -2.39. The fourth-order valence-electron chi connectivity index (χ4n) is 2.97. The zero-order chi connectivity index (χ0) is 16.4. The van der Waals surface area contributed by atoms with Gasteiger partial charge in [-0.25, -0.2) is 19.5 Å². The summed E-state index contributed by atoms with van der Waals surface area (Å²) in [5, 5.41) is 8.07. The molecule has 1 aliphatic rings. The van der Waals surface area contributed by atoms with E-state index in [0.717, 1.165) is 43.2 Å². The number of piperidine rings is 1. The quantitative estimate of drug-likeness (QED) is 0.780. The van der Waals surface area contributed by atoms with Crippen molar-refractivity contribution >= 4 is 17.3 Å². The van der Waals surface area contributed by atoms with Gasteiger partial charge < -0.3 is 15.0 Å². The normalized spacial score (nSPS) is 15.6. The minimum absolute atomic E-state index is 0.387. The summed E-state index contributed by atoms with van der Waals surface area (Å²) < 4.78 is 6.94. The molecule has 4 rings (SSSR count). The second-order valence-electron chi connectivity index (χ2n) is 5.77. The Hall–Kier alpha value is -2.90. The minimum Gasteiger partial charge on any atom is -0.481 e. The van der Waals surface area contributed by atoms with Gasteiger partial charge in [-0.05, 0) is 25.0 Å². The van der Waals surface area contributed by atoms with E-state index in [1.54, 1.807) is 13.3 Å². The van der Waals surface area contributed by atoms with Gasteiger partial charge in [0.2, 0.25) is 5.88 Å². The molecule has 0 amide bonds. The average molecular weight is 325 g/mol. The number of methoxy groups -OCH3 is 1. The summed E-state index contributed by atoms with van der Waals surface area (Å²) in [7, 11) is 1.61. The Kier molecular flexibility index (Phi) is 3.86. The molecule has 3 aromatic rings. The maximum atomic E-state index is 5.13. The van der Waals surface area contributed by atoms with Crippen molar-refractivity contribution in [3.8, 4) is 5.88 Å².